The lowest BCUT2D eigenvalue weighted by molar-refractivity contribution is 0.236. The normalized spacial score (nSPS) is 20.6. The molecule has 2 aliphatic rings. The molecule has 0 amide bonds. The topological polar surface area (TPSA) is 38.5 Å². The molecule has 3 rings (SSSR count). The minimum atomic E-state index is 0.0514. The Bertz CT molecular complexity index is 427. The van der Waals surface area contributed by atoms with Crippen LogP contribution in [0.5, 0.6) is 5.75 Å². The van der Waals surface area contributed by atoms with Crippen molar-refractivity contribution >= 4 is 0 Å². The fraction of sp³-hybridized carbons (Fsp3) is 0.625. The summed E-state index contributed by atoms with van der Waals surface area (Å²) in [6.07, 6.45) is 5.52. The van der Waals surface area contributed by atoms with E-state index in [0.717, 1.165) is 29.8 Å². The van der Waals surface area contributed by atoms with Crippen molar-refractivity contribution in [2.45, 2.75) is 37.8 Å². The van der Waals surface area contributed by atoms with E-state index in [-0.39, 0.29) is 6.04 Å². The largest absolute Gasteiger partial charge is 0.496 e. The van der Waals surface area contributed by atoms with E-state index in [1.54, 1.807) is 7.11 Å². The molecule has 0 radical (unpaired) electrons. The van der Waals surface area contributed by atoms with Gasteiger partial charge >= 0.3 is 0 Å². The van der Waals surface area contributed by atoms with Crippen LogP contribution >= 0.6 is 0 Å². The summed E-state index contributed by atoms with van der Waals surface area (Å²) in [5.41, 5.74) is 7.54. The van der Waals surface area contributed by atoms with Crippen molar-refractivity contribution < 1.29 is 4.74 Å². The number of nitrogens with two attached hydrogens (primary N) is 1. The molecular formula is C16H24N2O. The van der Waals surface area contributed by atoms with Gasteiger partial charge in [-0.3, -0.25) is 4.90 Å². The van der Waals surface area contributed by atoms with Crippen molar-refractivity contribution in [3.8, 4) is 5.75 Å². The standard InChI is InChI=1S/C16H24N2O/c1-19-16-5-3-2-4-14(16)15(17)11-18(13-8-9-13)10-12-6-7-12/h2-5,12-13,15H,6-11,17H2,1H3. The van der Waals surface area contributed by atoms with Crippen LogP contribution in [0.25, 0.3) is 0 Å². The molecule has 1 atom stereocenters. The molecule has 2 aliphatic carbocycles. The quantitative estimate of drug-likeness (QED) is 0.819. The summed E-state index contributed by atoms with van der Waals surface area (Å²) in [5.74, 6) is 1.85. The number of hydrogen-bond donors (Lipinski definition) is 1. The van der Waals surface area contributed by atoms with Crippen LogP contribution in [0, 0.1) is 5.92 Å². The number of ether oxygens (including phenoxy) is 1. The molecule has 0 aromatic heterocycles. The summed E-state index contributed by atoms with van der Waals surface area (Å²) < 4.78 is 5.42. The second-order valence-corrected chi connectivity index (χ2v) is 5.98. The summed E-state index contributed by atoms with van der Waals surface area (Å²) in [6, 6.07) is 8.97. The average molecular weight is 260 g/mol. The molecule has 0 heterocycles. The highest BCUT2D eigenvalue weighted by molar-refractivity contribution is 5.35. The number of para-hydroxylation sites is 1. The molecule has 0 aliphatic heterocycles. The minimum absolute atomic E-state index is 0.0514. The van der Waals surface area contributed by atoms with Gasteiger partial charge in [-0.2, -0.15) is 0 Å². The first kappa shape index (κ1) is 12.9. The van der Waals surface area contributed by atoms with Crippen molar-refractivity contribution in [2.75, 3.05) is 20.2 Å². The van der Waals surface area contributed by atoms with Gasteiger partial charge < -0.3 is 10.5 Å². The first-order valence-electron chi connectivity index (χ1n) is 7.40. The van der Waals surface area contributed by atoms with E-state index in [9.17, 15) is 0 Å². The van der Waals surface area contributed by atoms with E-state index < -0.39 is 0 Å². The predicted molar refractivity (Wildman–Crippen MR) is 77.2 cm³/mol. The molecule has 0 spiro atoms. The monoisotopic (exact) mass is 260 g/mol. The van der Waals surface area contributed by atoms with Crippen LogP contribution in [0.15, 0.2) is 24.3 Å². The van der Waals surface area contributed by atoms with Crippen molar-refractivity contribution in [1.82, 2.24) is 4.90 Å². The van der Waals surface area contributed by atoms with E-state index >= 15 is 0 Å². The Balaban J connectivity index is 1.66. The number of nitrogens with zero attached hydrogens (tertiary/aromatic N) is 1. The summed E-state index contributed by atoms with van der Waals surface area (Å²) in [5, 5.41) is 0. The predicted octanol–water partition coefficient (Wildman–Crippen LogP) is 2.57. The van der Waals surface area contributed by atoms with Gasteiger partial charge in [-0.25, -0.2) is 0 Å². The maximum absolute atomic E-state index is 6.41. The Morgan fingerprint density at radius 2 is 2.00 bits per heavy atom. The lowest BCUT2D eigenvalue weighted by Gasteiger charge is -2.26. The molecule has 104 valence electrons. The zero-order chi connectivity index (χ0) is 13.2. The van der Waals surface area contributed by atoms with Crippen molar-refractivity contribution in [3.05, 3.63) is 29.8 Å². The van der Waals surface area contributed by atoms with Gasteiger partial charge in [0.15, 0.2) is 0 Å². The molecule has 3 heteroatoms. The van der Waals surface area contributed by atoms with Crippen LogP contribution in [0.3, 0.4) is 0 Å². The molecule has 2 fully saturated rings. The number of rotatable bonds is 7. The first-order chi connectivity index (χ1) is 9.28. The zero-order valence-corrected chi connectivity index (χ0v) is 11.7. The molecule has 3 nitrogen and oxygen atoms in total. The molecule has 0 bridgehead atoms. The maximum atomic E-state index is 6.41. The Morgan fingerprint density at radius 3 is 2.63 bits per heavy atom. The minimum Gasteiger partial charge on any atom is -0.496 e. The van der Waals surface area contributed by atoms with Gasteiger partial charge in [0.05, 0.1) is 7.11 Å². The molecule has 1 aromatic rings. The summed E-state index contributed by atoms with van der Waals surface area (Å²) in [7, 11) is 1.72. The maximum Gasteiger partial charge on any atom is 0.123 e. The number of methoxy groups -OCH3 is 1. The molecule has 1 unspecified atom stereocenters. The van der Waals surface area contributed by atoms with Gasteiger partial charge in [-0.05, 0) is 37.7 Å². The smallest absolute Gasteiger partial charge is 0.123 e. The van der Waals surface area contributed by atoms with E-state index in [2.05, 4.69) is 11.0 Å². The second-order valence-electron chi connectivity index (χ2n) is 5.98. The van der Waals surface area contributed by atoms with Crippen molar-refractivity contribution in [1.29, 1.82) is 0 Å². The highest BCUT2D eigenvalue weighted by Crippen LogP contribution is 2.36. The van der Waals surface area contributed by atoms with Crippen LogP contribution < -0.4 is 10.5 Å². The molecule has 19 heavy (non-hydrogen) atoms. The lowest BCUT2D eigenvalue weighted by atomic mass is 10.1. The fourth-order valence-electron chi connectivity index (χ4n) is 2.77. The average Bonchev–Trinajstić information content (AvgIpc) is 3.29. The van der Waals surface area contributed by atoms with E-state index in [0.29, 0.717) is 0 Å². The summed E-state index contributed by atoms with van der Waals surface area (Å²) >= 11 is 0. The van der Waals surface area contributed by atoms with E-state index in [1.165, 1.54) is 32.2 Å². The Kier molecular flexibility index (Phi) is 3.76. The van der Waals surface area contributed by atoms with Crippen LogP contribution in [0.2, 0.25) is 0 Å². The number of hydrogen-bond acceptors (Lipinski definition) is 3. The summed E-state index contributed by atoms with van der Waals surface area (Å²) in [6.45, 7) is 2.20. The highest BCUT2D eigenvalue weighted by atomic mass is 16.5. The third-order valence-corrected chi connectivity index (χ3v) is 4.22. The Labute approximate surface area is 115 Å². The van der Waals surface area contributed by atoms with E-state index in [4.69, 9.17) is 10.5 Å². The zero-order valence-electron chi connectivity index (χ0n) is 11.7. The van der Waals surface area contributed by atoms with Crippen LogP contribution in [-0.4, -0.2) is 31.1 Å². The van der Waals surface area contributed by atoms with E-state index in [1.807, 2.05) is 18.2 Å². The fourth-order valence-corrected chi connectivity index (χ4v) is 2.77. The van der Waals surface area contributed by atoms with Gasteiger partial charge in [0.1, 0.15) is 5.75 Å². The lowest BCUT2D eigenvalue weighted by Crippen LogP contribution is -2.35. The third-order valence-electron chi connectivity index (χ3n) is 4.22. The first-order valence-corrected chi connectivity index (χ1v) is 7.40. The number of benzene rings is 1. The van der Waals surface area contributed by atoms with Crippen molar-refractivity contribution in [2.24, 2.45) is 11.7 Å². The summed E-state index contributed by atoms with van der Waals surface area (Å²) in [4.78, 5) is 2.61. The SMILES string of the molecule is COc1ccccc1C(N)CN(CC1CC1)C1CC1. The van der Waals surface area contributed by atoms with Gasteiger partial charge in [-0.1, -0.05) is 18.2 Å². The van der Waals surface area contributed by atoms with Gasteiger partial charge in [-0.15, -0.1) is 0 Å². The molecule has 1 aromatic carbocycles. The van der Waals surface area contributed by atoms with Crippen LogP contribution in [-0.2, 0) is 0 Å². The van der Waals surface area contributed by atoms with Crippen LogP contribution in [0.4, 0.5) is 0 Å². The van der Waals surface area contributed by atoms with Gasteiger partial charge in [0.2, 0.25) is 0 Å². The molecular weight excluding hydrogens is 236 g/mol. The molecule has 0 saturated heterocycles. The van der Waals surface area contributed by atoms with Gasteiger partial charge in [0, 0.05) is 30.7 Å². The highest BCUT2D eigenvalue weighted by Gasteiger charge is 2.34. The van der Waals surface area contributed by atoms with Crippen molar-refractivity contribution in [3.63, 3.8) is 0 Å². The third kappa shape index (κ3) is 3.28. The Hall–Kier alpha value is -1.06. The van der Waals surface area contributed by atoms with Gasteiger partial charge in [0.25, 0.3) is 0 Å². The Morgan fingerprint density at radius 1 is 1.26 bits per heavy atom. The second kappa shape index (κ2) is 5.51. The van der Waals surface area contributed by atoms with Crippen LogP contribution in [0.1, 0.15) is 37.3 Å². The molecule has 2 saturated carbocycles. The molecule has 2 N–H and O–H groups in total.